The van der Waals surface area contributed by atoms with Gasteiger partial charge >= 0.3 is 0 Å². The molecule has 0 amide bonds. The van der Waals surface area contributed by atoms with E-state index in [1.807, 2.05) is 48.5 Å². The van der Waals surface area contributed by atoms with Gasteiger partial charge in [0.2, 0.25) is 11.8 Å². The molecule has 1 heterocycles. The second-order valence-electron chi connectivity index (χ2n) is 8.52. The standard InChI is InChI=1S/C30H38N2O3/c1-3-5-7-9-11-13-23-33-27-19-15-25(16-20-27)29-31-32-30(35-29)26-17-21-28(22-18-26)34-24-14-12-10-8-6-4-2/h11-22H,3-10,23-24H2,1-2H3. The first kappa shape index (κ1) is 26.3. The lowest BCUT2D eigenvalue weighted by Gasteiger charge is -2.04. The van der Waals surface area contributed by atoms with Crippen LogP contribution in [0.2, 0.25) is 0 Å². The summed E-state index contributed by atoms with van der Waals surface area (Å²) in [5, 5.41) is 8.42. The normalized spacial score (nSPS) is 11.5. The lowest BCUT2D eigenvalue weighted by Crippen LogP contribution is -1.93. The Balaban J connectivity index is 1.46. The predicted molar refractivity (Wildman–Crippen MR) is 143 cm³/mol. The van der Waals surface area contributed by atoms with Crippen LogP contribution < -0.4 is 9.47 Å². The topological polar surface area (TPSA) is 57.4 Å². The van der Waals surface area contributed by atoms with Crippen molar-refractivity contribution < 1.29 is 13.9 Å². The van der Waals surface area contributed by atoms with Crippen molar-refractivity contribution in [3.63, 3.8) is 0 Å². The third-order valence-corrected chi connectivity index (χ3v) is 5.60. The molecule has 0 aliphatic carbocycles. The van der Waals surface area contributed by atoms with Crippen molar-refractivity contribution in [2.75, 3.05) is 13.2 Å². The van der Waals surface area contributed by atoms with Crippen LogP contribution >= 0.6 is 0 Å². The second-order valence-corrected chi connectivity index (χ2v) is 8.52. The number of nitrogens with zero attached hydrogens (tertiary/aromatic N) is 2. The van der Waals surface area contributed by atoms with Crippen molar-refractivity contribution in [2.24, 2.45) is 0 Å². The van der Waals surface area contributed by atoms with Gasteiger partial charge in [0, 0.05) is 11.1 Å². The number of unbranched alkanes of at least 4 members (excludes halogenated alkanes) is 6. The van der Waals surface area contributed by atoms with Crippen LogP contribution in [-0.4, -0.2) is 23.4 Å². The first-order chi connectivity index (χ1) is 17.3. The molecule has 3 rings (SSSR count). The number of ether oxygens (including phenoxy) is 2. The van der Waals surface area contributed by atoms with Gasteiger partial charge in [-0.25, -0.2) is 0 Å². The summed E-state index contributed by atoms with van der Waals surface area (Å²) in [6.45, 7) is 5.58. The van der Waals surface area contributed by atoms with Gasteiger partial charge in [-0.2, -0.15) is 0 Å². The molecule has 0 saturated heterocycles. The molecule has 0 spiro atoms. The summed E-state index contributed by atoms with van der Waals surface area (Å²) in [5.41, 5.74) is 1.72. The van der Waals surface area contributed by atoms with Gasteiger partial charge in [-0.3, -0.25) is 0 Å². The Morgan fingerprint density at radius 1 is 0.600 bits per heavy atom. The molecule has 0 bridgehead atoms. The highest BCUT2D eigenvalue weighted by molar-refractivity contribution is 5.59. The minimum atomic E-state index is 0.482. The molecule has 5 nitrogen and oxygen atoms in total. The van der Waals surface area contributed by atoms with E-state index in [0.29, 0.717) is 25.0 Å². The summed E-state index contributed by atoms with van der Waals surface area (Å²) in [5.74, 6) is 2.60. The number of hydrogen-bond acceptors (Lipinski definition) is 5. The van der Waals surface area contributed by atoms with Crippen LogP contribution in [0.3, 0.4) is 0 Å². The predicted octanol–water partition coefficient (Wildman–Crippen LogP) is 8.43. The van der Waals surface area contributed by atoms with Crippen LogP contribution in [0.15, 0.2) is 77.3 Å². The Morgan fingerprint density at radius 2 is 1.03 bits per heavy atom. The van der Waals surface area contributed by atoms with Crippen LogP contribution in [0.4, 0.5) is 0 Å². The van der Waals surface area contributed by atoms with Gasteiger partial charge in [0.1, 0.15) is 24.7 Å². The van der Waals surface area contributed by atoms with Gasteiger partial charge in [0.25, 0.3) is 0 Å². The van der Waals surface area contributed by atoms with E-state index >= 15 is 0 Å². The van der Waals surface area contributed by atoms with E-state index in [1.54, 1.807) is 0 Å². The fraction of sp³-hybridized carbons (Fsp3) is 0.400. The van der Waals surface area contributed by atoms with Crippen molar-refractivity contribution in [1.29, 1.82) is 0 Å². The van der Waals surface area contributed by atoms with Gasteiger partial charge in [0.05, 0.1) is 0 Å². The second kappa shape index (κ2) is 15.5. The molecule has 0 atom stereocenters. The quantitative estimate of drug-likeness (QED) is 0.154. The minimum Gasteiger partial charge on any atom is -0.490 e. The van der Waals surface area contributed by atoms with E-state index in [-0.39, 0.29) is 0 Å². The average Bonchev–Trinajstić information content (AvgIpc) is 3.39. The molecule has 0 aliphatic heterocycles. The molecule has 0 saturated carbocycles. The van der Waals surface area contributed by atoms with Crippen molar-refractivity contribution in [3.8, 4) is 34.4 Å². The van der Waals surface area contributed by atoms with Crippen LogP contribution in [0.1, 0.15) is 65.2 Å². The summed E-state index contributed by atoms with van der Waals surface area (Å²) in [6.07, 6.45) is 18.3. The number of aromatic nitrogens is 2. The highest BCUT2D eigenvalue weighted by atomic mass is 16.5. The molecular weight excluding hydrogens is 436 g/mol. The molecule has 1 aromatic heterocycles. The van der Waals surface area contributed by atoms with Crippen molar-refractivity contribution in [3.05, 3.63) is 72.8 Å². The van der Waals surface area contributed by atoms with E-state index < -0.39 is 0 Å². The summed E-state index contributed by atoms with van der Waals surface area (Å²) in [7, 11) is 0. The largest absolute Gasteiger partial charge is 0.490 e. The summed E-state index contributed by atoms with van der Waals surface area (Å²) < 4.78 is 17.5. The SMILES string of the molecule is CCCCCC=CCOc1ccc(-c2nnc(-c3ccc(OCC=CCCCCC)cc3)o2)cc1. The third kappa shape index (κ3) is 9.44. The van der Waals surface area contributed by atoms with Crippen LogP contribution in [0, 0.1) is 0 Å². The zero-order chi connectivity index (χ0) is 24.6. The fourth-order valence-electron chi connectivity index (χ4n) is 3.53. The number of benzene rings is 2. The molecular formula is C30H38N2O3. The Bertz CT molecular complexity index is 939. The monoisotopic (exact) mass is 474 g/mol. The van der Waals surface area contributed by atoms with Gasteiger partial charge in [-0.05, 0) is 74.2 Å². The van der Waals surface area contributed by atoms with E-state index in [1.165, 1.54) is 38.5 Å². The number of hydrogen-bond donors (Lipinski definition) is 0. The molecule has 0 unspecified atom stereocenters. The molecule has 0 aliphatic rings. The smallest absolute Gasteiger partial charge is 0.248 e. The highest BCUT2D eigenvalue weighted by Gasteiger charge is 2.11. The van der Waals surface area contributed by atoms with Crippen LogP contribution in [-0.2, 0) is 0 Å². The van der Waals surface area contributed by atoms with Crippen molar-refractivity contribution in [1.82, 2.24) is 10.2 Å². The van der Waals surface area contributed by atoms with E-state index in [9.17, 15) is 0 Å². The van der Waals surface area contributed by atoms with Gasteiger partial charge in [-0.1, -0.05) is 63.8 Å². The van der Waals surface area contributed by atoms with Crippen LogP contribution in [0.5, 0.6) is 11.5 Å². The van der Waals surface area contributed by atoms with E-state index in [0.717, 1.165) is 35.5 Å². The Morgan fingerprint density at radius 3 is 1.43 bits per heavy atom. The zero-order valence-corrected chi connectivity index (χ0v) is 21.1. The molecule has 3 aromatic rings. The Kier molecular flexibility index (Phi) is 11.7. The average molecular weight is 475 g/mol. The molecule has 0 radical (unpaired) electrons. The third-order valence-electron chi connectivity index (χ3n) is 5.60. The van der Waals surface area contributed by atoms with E-state index in [2.05, 4.69) is 48.3 Å². The summed E-state index contributed by atoms with van der Waals surface area (Å²) in [6, 6.07) is 15.4. The fourth-order valence-corrected chi connectivity index (χ4v) is 3.53. The molecule has 5 heteroatoms. The maximum Gasteiger partial charge on any atom is 0.248 e. The van der Waals surface area contributed by atoms with E-state index in [4.69, 9.17) is 13.9 Å². The van der Waals surface area contributed by atoms with Crippen molar-refractivity contribution >= 4 is 0 Å². The minimum absolute atomic E-state index is 0.482. The van der Waals surface area contributed by atoms with Crippen LogP contribution in [0.25, 0.3) is 22.9 Å². The number of allylic oxidation sites excluding steroid dienone is 2. The Labute approximate surface area is 209 Å². The number of rotatable bonds is 16. The first-order valence-electron chi connectivity index (χ1n) is 12.9. The maximum atomic E-state index is 5.90. The molecule has 186 valence electrons. The first-order valence-corrected chi connectivity index (χ1v) is 12.9. The lowest BCUT2D eigenvalue weighted by molar-refractivity contribution is 0.362. The lowest BCUT2D eigenvalue weighted by atomic mass is 10.2. The maximum absolute atomic E-state index is 5.90. The summed E-state index contributed by atoms with van der Waals surface area (Å²) in [4.78, 5) is 0. The molecule has 0 N–H and O–H groups in total. The molecule has 2 aromatic carbocycles. The zero-order valence-electron chi connectivity index (χ0n) is 21.1. The van der Waals surface area contributed by atoms with Crippen molar-refractivity contribution in [2.45, 2.75) is 65.2 Å². The molecule has 0 fully saturated rings. The summed E-state index contributed by atoms with van der Waals surface area (Å²) >= 11 is 0. The Hall–Kier alpha value is -3.34. The highest BCUT2D eigenvalue weighted by Crippen LogP contribution is 2.26. The van der Waals surface area contributed by atoms with Gasteiger partial charge in [-0.15, -0.1) is 10.2 Å². The van der Waals surface area contributed by atoms with Gasteiger partial charge < -0.3 is 13.9 Å². The van der Waals surface area contributed by atoms with Gasteiger partial charge in [0.15, 0.2) is 0 Å². The molecule has 35 heavy (non-hydrogen) atoms.